The number of fused-ring (bicyclic) bond motifs is 2. The molecule has 0 radical (unpaired) electrons. The predicted octanol–water partition coefficient (Wildman–Crippen LogP) is 2.71. The fourth-order valence-electron chi connectivity index (χ4n) is 2.79. The number of rotatable bonds is 4. The van der Waals surface area contributed by atoms with Crippen LogP contribution in [0.25, 0.3) is 0 Å². The van der Waals surface area contributed by atoms with Crippen LogP contribution < -0.4 is 0 Å². The van der Waals surface area contributed by atoms with Gasteiger partial charge in [0.15, 0.2) is 11.9 Å². The summed E-state index contributed by atoms with van der Waals surface area (Å²) in [6.07, 6.45) is -0.306. The van der Waals surface area contributed by atoms with E-state index >= 15 is 0 Å². The second kappa shape index (κ2) is 7.11. The molecule has 6 heteroatoms. The molecule has 2 heterocycles. The standard InChI is InChI=1S/C20H16O6/c21-18(13-7-3-1-4-8-13)24-15-11-16(20-23-12-17(15)26-20)25-19(22)14-9-5-2-6-10-14/h1-11,15,17,20H,12H2/t15-,17+,20+/m0/s1. The van der Waals surface area contributed by atoms with Gasteiger partial charge in [-0.15, -0.1) is 0 Å². The molecule has 0 N–H and O–H groups in total. The SMILES string of the molecule is O=C(OC1=C[C@H](OC(=O)c2ccccc2)[C@H]2CO[C@@H]1O2)c1ccccc1. The van der Waals surface area contributed by atoms with Crippen LogP contribution in [0.15, 0.2) is 72.5 Å². The first-order valence-corrected chi connectivity index (χ1v) is 8.23. The van der Waals surface area contributed by atoms with E-state index in [4.69, 9.17) is 18.9 Å². The molecule has 0 spiro atoms. The third kappa shape index (κ3) is 3.37. The number of carbonyl (C=O) groups is 2. The topological polar surface area (TPSA) is 71.1 Å². The molecule has 6 nitrogen and oxygen atoms in total. The summed E-state index contributed by atoms with van der Waals surface area (Å²) in [5, 5.41) is 0. The highest BCUT2D eigenvalue weighted by Gasteiger charge is 2.42. The Morgan fingerprint density at radius 1 is 0.885 bits per heavy atom. The van der Waals surface area contributed by atoms with Gasteiger partial charge in [-0.05, 0) is 24.3 Å². The molecule has 0 aliphatic carbocycles. The van der Waals surface area contributed by atoms with E-state index in [-0.39, 0.29) is 12.4 Å². The lowest BCUT2D eigenvalue weighted by atomic mass is 10.1. The van der Waals surface area contributed by atoms with Crippen LogP contribution in [-0.4, -0.2) is 37.0 Å². The maximum Gasteiger partial charge on any atom is 0.343 e. The Labute approximate surface area is 149 Å². The fraction of sp³-hybridized carbons (Fsp3) is 0.200. The van der Waals surface area contributed by atoms with Gasteiger partial charge < -0.3 is 18.9 Å². The minimum absolute atomic E-state index is 0.193. The summed E-state index contributed by atoms with van der Waals surface area (Å²) < 4.78 is 22.1. The van der Waals surface area contributed by atoms with E-state index in [1.807, 2.05) is 12.1 Å². The third-order valence-electron chi connectivity index (χ3n) is 4.11. The summed E-state index contributed by atoms with van der Waals surface area (Å²) >= 11 is 0. The minimum atomic E-state index is -0.765. The molecule has 1 fully saturated rings. The van der Waals surface area contributed by atoms with Crippen LogP contribution in [0.5, 0.6) is 0 Å². The molecule has 4 rings (SSSR count). The van der Waals surface area contributed by atoms with Gasteiger partial charge in [-0.2, -0.15) is 0 Å². The lowest BCUT2D eigenvalue weighted by Crippen LogP contribution is -2.36. The van der Waals surface area contributed by atoms with Crippen LogP contribution in [0.4, 0.5) is 0 Å². The quantitative estimate of drug-likeness (QED) is 0.788. The van der Waals surface area contributed by atoms with Crippen LogP contribution in [0, 0.1) is 0 Å². The van der Waals surface area contributed by atoms with Crippen molar-refractivity contribution in [2.45, 2.75) is 18.5 Å². The van der Waals surface area contributed by atoms with Crippen LogP contribution in [0.1, 0.15) is 20.7 Å². The van der Waals surface area contributed by atoms with Gasteiger partial charge in [0.2, 0.25) is 6.29 Å². The molecule has 2 aliphatic heterocycles. The van der Waals surface area contributed by atoms with E-state index in [2.05, 4.69) is 0 Å². The Morgan fingerprint density at radius 2 is 1.50 bits per heavy atom. The summed E-state index contributed by atoms with van der Waals surface area (Å²) in [7, 11) is 0. The first-order chi connectivity index (χ1) is 12.7. The van der Waals surface area contributed by atoms with Gasteiger partial charge in [-0.1, -0.05) is 36.4 Å². The Balaban J connectivity index is 1.50. The van der Waals surface area contributed by atoms with Crippen molar-refractivity contribution >= 4 is 11.9 Å². The van der Waals surface area contributed by atoms with E-state index in [1.54, 1.807) is 54.6 Å². The maximum atomic E-state index is 12.3. The Kier molecular flexibility index (Phi) is 4.51. The highest BCUT2D eigenvalue weighted by atomic mass is 16.8. The minimum Gasteiger partial charge on any atom is -0.451 e. The Morgan fingerprint density at radius 3 is 2.15 bits per heavy atom. The van der Waals surface area contributed by atoms with Crippen molar-refractivity contribution < 1.29 is 28.5 Å². The zero-order valence-corrected chi connectivity index (χ0v) is 13.7. The van der Waals surface area contributed by atoms with Crippen molar-refractivity contribution in [2.24, 2.45) is 0 Å². The van der Waals surface area contributed by atoms with Crippen molar-refractivity contribution in [1.29, 1.82) is 0 Å². The molecule has 0 amide bonds. The van der Waals surface area contributed by atoms with Crippen LogP contribution in [0.2, 0.25) is 0 Å². The smallest absolute Gasteiger partial charge is 0.343 e. The highest BCUT2D eigenvalue weighted by molar-refractivity contribution is 5.90. The van der Waals surface area contributed by atoms with Crippen LogP contribution >= 0.6 is 0 Å². The normalized spacial score (nSPS) is 23.8. The Hall–Kier alpha value is -2.96. The molecule has 2 bridgehead atoms. The summed E-state index contributed by atoms with van der Waals surface area (Å²) in [5.74, 6) is -0.810. The number of hydrogen-bond acceptors (Lipinski definition) is 6. The lowest BCUT2D eigenvalue weighted by molar-refractivity contribution is -0.0902. The molecule has 26 heavy (non-hydrogen) atoms. The molecular formula is C20H16O6. The highest BCUT2D eigenvalue weighted by Crippen LogP contribution is 2.30. The average molecular weight is 352 g/mol. The number of carbonyl (C=O) groups excluding carboxylic acids is 2. The molecule has 132 valence electrons. The molecule has 2 aliphatic rings. The van der Waals surface area contributed by atoms with E-state index in [1.165, 1.54) is 0 Å². The first-order valence-electron chi connectivity index (χ1n) is 8.23. The van der Waals surface area contributed by atoms with E-state index in [0.717, 1.165) is 0 Å². The van der Waals surface area contributed by atoms with Crippen LogP contribution in [-0.2, 0) is 18.9 Å². The average Bonchev–Trinajstić information content (AvgIpc) is 3.12. The number of esters is 2. The first kappa shape index (κ1) is 16.5. The number of benzene rings is 2. The Bertz CT molecular complexity index is 830. The summed E-state index contributed by atoms with van der Waals surface area (Å²) in [6.45, 7) is 0.250. The van der Waals surface area contributed by atoms with Crippen molar-refractivity contribution in [3.8, 4) is 0 Å². The molecule has 2 aromatic carbocycles. The predicted molar refractivity (Wildman–Crippen MR) is 90.2 cm³/mol. The molecular weight excluding hydrogens is 336 g/mol. The monoisotopic (exact) mass is 352 g/mol. The van der Waals surface area contributed by atoms with Gasteiger partial charge in [0.25, 0.3) is 0 Å². The van der Waals surface area contributed by atoms with Gasteiger partial charge in [-0.25, -0.2) is 9.59 Å². The second-order valence-corrected chi connectivity index (χ2v) is 5.90. The van der Waals surface area contributed by atoms with Crippen molar-refractivity contribution in [2.75, 3.05) is 6.61 Å². The summed E-state index contributed by atoms with van der Waals surface area (Å²) in [4.78, 5) is 24.5. The third-order valence-corrected chi connectivity index (χ3v) is 4.11. The molecule has 1 saturated heterocycles. The summed E-state index contributed by atoms with van der Waals surface area (Å²) in [6, 6.07) is 17.3. The van der Waals surface area contributed by atoms with E-state index in [0.29, 0.717) is 11.1 Å². The molecule has 3 atom stereocenters. The van der Waals surface area contributed by atoms with Crippen molar-refractivity contribution in [3.05, 3.63) is 83.6 Å². The van der Waals surface area contributed by atoms with Gasteiger partial charge in [0.1, 0.15) is 6.10 Å². The molecule has 0 aromatic heterocycles. The largest absolute Gasteiger partial charge is 0.451 e. The molecule has 2 aromatic rings. The van der Waals surface area contributed by atoms with Gasteiger partial charge >= 0.3 is 11.9 Å². The van der Waals surface area contributed by atoms with E-state index < -0.39 is 30.4 Å². The lowest BCUT2D eigenvalue weighted by Gasteiger charge is -2.25. The fourth-order valence-corrected chi connectivity index (χ4v) is 2.79. The van der Waals surface area contributed by atoms with Crippen molar-refractivity contribution in [3.63, 3.8) is 0 Å². The molecule has 0 saturated carbocycles. The van der Waals surface area contributed by atoms with Gasteiger partial charge in [0.05, 0.1) is 17.7 Å². The summed E-state index contributed by atoms with van der Waals surface area (Å²) in [5.41, 5.74) is 0.844. The van der Waals surface area contributed by atoms with Gasteiger partial charge in [0, 0.05) is 6.08 Å². The maximum absolute atomic E-state index is 12.3. The second-order valence-electron chi connectivity index (χ2n) is 5.90. The zero-order chi connectivity index (χ0) is 17.9. The number of hydrogen-bond donors (Lipinski definition) is 0. The van der Waals surface area contributed by atoms with E-state index in [9.17, 15) is 9.59 Å². The zero-order valence-electron chi connectivity index (χ0n) is 13.7. The van der Waals surface area contributed by atoms with Crippen LogP contribution in [0.3, 0.4) is 0 Å². The van der Waals surface area contributed by atoms with Crippen molar-refractivity contribution in [1.82, 2.24) is 0 Å². The number of ether oxygens (including phenoxy) is 4. The van der Waals surface area contributed by atoms with Gasteiger partial charge in [-0.3, -0.25) is 0 Å². The molecule has 0 unspecified atom stereocenters.